The first-order valence-electron chi connectivity index (χ1n) is 8.04. The lowest BCUT2D eigenvalue weighted by atomic mass is 10.1. The minimum absolute atomic E-state index is 0. The van der Waals surface area contributed by atoms with Gasteiger partial charge in [0.1, 0.15) is 0 Å². The Morgan fingerprint density at radius 1 is 1.12 bits per heavy atom. The van der Waals surface area contributed by atoms with Crippen molar-refractivity contribution in [3.05, 3.63) is 59.9 Å². The molecular weight excluding hydrogens is 413 g/mol. The van der Waals surface area contributed by atoms with Crippen LogP contribution in [0.4, 0.5) is 5.69 Å². The van der Waals surface area contributed by atoms with E-state index in [1.165, 1.54) is 11.3 Å². The quantitative estimate of drug-likeness (QED) is 0.472. The van der Waals surface area contributed by atoms with Crippen LogP contribution < -0.4 is 33.9 Å². The summed E-state index contributed by atoms with van der Waals surface area (Å²) in [5, 5.41) is 2.94. The fourth-order valence-electron chi connectivity index (χ4n) is 3.13. The number of carbonyl (C=O) groups is 1. The van der Waals surface area contributed by atoms with Crippen LogP contribution >= 0.6 is 0 Å². The Kier molecular flexibility index (Phi) is 5.99. The summed E-state index contributed by atoms with van der Waals surface area (Å²) < 4.78 is 4.52. The Morgan fingerprint density at radius 2 is 1.83 bits per heavy atom. The third kappa shape index (κ3) is 3.31. The number of hydrogen-bond donors (Lipinski definition) is 1. The summed E-state index contributed by atoms with van der Waals surface area (Å²) in [6.45, 7) is 8.20. The van der Waals surface area contributed by atoms with Crippen LogP contribution in [0.2, 0.25) is 0 Å². The second-order valence-corrected chi connectivity index (χ2v) is 5.56. The number of halogens is 1. The van der Waals surface area contributed by atoms with Gasteiger partial charge in [0.05, 0.1) is 13.1 Å². The van der Waals surface area contributed by atoms with Gasteiger partial charge in [0, 0.05) is 24.2 Å². The smallest absolute Gasteiger partial charge is 0.255 e. The Hall–Kier alpha value is -1.89. The van der Waals surface area contributed by atoms with Crippen molar-refractivity contribution in [1.29, 1.82) is 0 Å². The van der Waals surface area contributed by atoms with Crippen LogP contribution in [-0.4, -0.2) is 10.5 Å². The average molecular weight is 435 g/mol. The third-order valence-corrected chi connectivity index (χ3v) is 4.26. The van der Waals surface area contributed by atoms with Crippen molar-refractivity contribution in [3.63, 3.8) is 0 Å². The van der Waals surface area contributed by atoms with Crippen LogP contribution in [0.5, 0.6) is 0 Å². The molecule has 1 heterocycles. The van der Waals surface area contributed by atoms with E-state index in [1.807, 2.05) is 48.5 Å². The number of amides is 1. The van der Waals surface area contributed by atoms with Gasteiger partial charge in [-0.25, -0.2) is 9.13 Å². The van der Waals surface area contributed by atoms with Crippen LogP contribution in [0, 0.1) is 6.92 Å². The summed E-state index contributed by atoms with van der Waals surface area (Å²) >= 11 is 0. The van der Waals surface area contributed by atoms with E-state index in [2.05, 4.69) is 35.2 Å². The molecule has 1 amide bonds. The lowest BCUT2D eigenvalue weighted by Crippen LogP contribution is -3.00. The number of aromatic nitrogens is 2. The Bertz CT molecular complexity index is 856. The van der Waals surface area contributed by atoms with Crippen molar-refractivity contribution in [1.82, 2.24) is 4.57 Å². The van der Waals surface area contributed by atoms with Crippen molar-refractivity contribution >= 4 is 22.6 Å². The monoisotopic (exact) mass is 435 g/mol. The summed E-state index contributed by atoms with van der Waals surface area (Å²) in [5.74, 6) is 1.13. The number of carbonyl (C=O) groups excluding carboxylic acids is 1. The zero-order chi connectivity index (χ0) is 16.4. The van der Waals surface area contributed by atoms with Crippen LogP contribution in [-0.2, 0) is 13.1 Å². The maximum absolute atomic E-state index is 12.5. The van der Waals surface area contributed by atoms with Gasteiger partial charge in [-0.2, -0.15) is 0 Å². The molecule has 3 rings (SSSR count). The number of imidazole rings is 1. The van der Waals surface area contributed by atoms with Gasteiger partial charge in [-0.15, -0.1) is 0 Å². The van der Waals surface area contributed by atoms with Gasteiger partial charge in [-0.1, -0.05) is 18.2 Å². The highest BCUT2D eigenvalue weighted by molar-refractivity contribution is 6.05. The largest absolute Gasteiger partial charge is 1.00 e. The third-order valence-electron chi connectivity index (χ3n) is 4.26. The highest BCUT2D eigenvalue weighted by atomic mass is 127. The number of anilines is 1. The molecule has 0 unspecified atom stereocenters. The lowest BCUT2D eigenvalue weighted by Gasteiger charge is -2.04. The van der Waals surface area contributed by atoms with E-state index in [-0.39, 0.29) is 29.9 Å². The van der Waals surface area contributed by atoms with Gasteiger partial charge >= 0.3 is 0 Å². The van der Waals surface area contributed by atoms with E-state index >= 15 is 0 Å². The molecule has 0 atom stereocenters. The van der Waals surface area contributed by atoms with E-state index in [9.17, 15) is 4.79 Å². The van der Waals surface area contributed by atoms with E-state index in [4.69, 9.17) is 0 Å². The number of rotatable bonds is 4. The number of fused-ring (bicyclic) bond motifs is 1. The number of benzene rings is 2. The van der Waals surface area contributed by atoms with E-state index < -0.39 is 0 Å². The Morgan fingerprint density at radius 3 is 2.46 bits per heavy atom. The molecule has 2 aromatic carbocycles. The molecule has 0 saturated heterocycles. The topological polar surface area (TPSA) is 37.9 Å². The molecule has 0 saturated carbocycles. The first kappa shape index (κ1) is 18.4. The molecule has 0 radical (unpaired) electrons. The number of nitrogens with one attached hydrogen (secondary N) is 1. The number of nitrogens with zero attached hydrogens (tertiary/aromatic N) is 2. The lowest BCUT2D eigenvalue weighted by molar-refractivity contribution is -0.674. The van der Waals surface area contributed by atoms with Crippen LogP contribution in [0.3, 0.4) is 0 Å². The molecule has 0 bridgehead atoms. The second-order valence-electron chi connectivity index (χ2n) is 5.56. The fourth-order valence-corrected chi connectivity index (χ4v) is 3.13. The van der Waals surface area contributed by atoms with Gasteiger partial charge in [0.25, 0.3) is 11.7 Å². The van der Waals surface area contributed by atoms with Crippen molar-refractivity contribution in [2.24, 2.45) is 0 Å². The standard InChI is InChI=1S/C19H21N3O.HI/c1-4-21-14(3)22(5-2)18-13-15(11-12-17(18)21)19(23)20-16-9-7-6-8-10-16;/h6-13H,4-5H2,1-3H3;1H. The van der Waals surface area contributed by atoms with Crippen LogP contribution in [0.25, 0.3) is 11.0 Å². The molecule has 0 fully saturated rings. The molecule has 0 aliphatic carbocycles. The summed E-state index contributed by atoms with van der Waals surface area (Å²) in [6.07, 6.45) is 0. The zero-order valence-electron chi connectivity index (χ0n) is 14.2. The maximum Gasteiger partial charge on any atom is 0.255 e. The molecular formula is C19H22IN3O. The average Bonchev–Trinajstić information content (AvgIpc) is 2.85. The van der Waals surface area contributed by atoms with Crippen molar-refractivity contribution in [3.8, 4) is 0 Å². The molecule has 4 nitrogen and oxygen atoms in total. The van der Waals surface area contributed by atoms with Crippen molar-refractivity contribution in [2.45, 2.75) is 33.9 Å². The van der Waals surface area contributed by atoms with E-state index in [1.54, 1.807) is 0 Å². The van der Waals surface area contributed by atoms with Gasteiger partial charge in [-0.05, 0) is 38.1 Å². The molecule has 0 aliphatic rings. The fraction of sp³-hybridized carbons (Fsp3) is 0.263. The zero-order valence-corrected chi connectivity index (χ0v) is 16.4. The van der Waals surface area contributed by atoms with Crippen LogP contribution in [0.15, 0.2) is 48.5 Å². The molecule has 3 aromatic rings. The van der Waals surface area contributed by atoms with Gasteiger partial charge in [0.15, 0.2) is 11.0 Å². The second kappa shape index (κ2) is 7.79. The first-order valence-corrected chi connectivity index (χ1v) is 8.04. The maximum atomic E-state index is 12.5. The van der Waals surface area contributed by atoms with E-state index in [0.717, 1.165) is 24.3 Å². The number of hydrogen-bond acceptors (Lipinski definition) is 1. The summed E-state index contributed by atoms with van der Waals surface area (Å²) in [6, 6.07) is 15.5. The normalized spacial score (nSPS) is 10.5. The van der Waals surface area contributed by atoms with Gasteiger partial charge < -0.3 is 29.3 Å². The number of para-hydroxylation sites is 1. The number of aryl methyl sites for hydroxylation is 2. The summed E-state index contributed by atoms with van der Waals surface area (Å²) in [5.41, 5.74) is 3.76. The molecule has 0 spiro atoms. The van der Waals surface area contributed by atoms with Crippen molar-refractivity contribution < 1.29 is 33.3 Å². The highest BCUT2D eigenvalue weighted by Crippen LogP contribution is 2.18. The molecule has 5 heteroatoms. The molecule has 1 aromatic heterocycles. The SMILES string of the molecule is CCn1c(C)[n+](CC)c2ccc(C(=O)Nc3ccccc3)cc21.[I-]. The van der Waals surface area contributed by atoms with Crippen LogP contribution in [0.1, 0.15) is 30.0 Å². The van der Waals surface area contributed by atoms with Gasteiger partial charge in [-0.3, -0.25) is 4.79 Å². The first-order chi connectivity index (χ1) is 11.2. The molecule has 24 heavy (non-hydrogen) atoms. The minimum Gasteiger partial charge on any atom is -1.00 e. The Labute approximate surface area is 159 Å². The minimum atomic E-state index is -0.0809. The predicted octanol–water partition coefficient (Wildman–Crippen LogP) is 0.533. The van der Waals surface area contributed by atoms with Crippen molar-refractivity contribution in [2.75, 3.05) is 5.32 Å². The Balaban J connectivity index is 0.00000208. The molecule has 126 valence electrons. The van der Waals surface area contributed by atoms with E-state index in [0.29, 0.717) is 5.56 Å². The van der Waals surface area contributed by atoms with Gasteiger partial charge in [0.2, 0.25) is 0 Å². The molecule has 0 aliphatic heterocycles. The summed E-state index contributed by atoms with van der Waals surface area (Å²) in [7, 11) is 0. The molecule has 1 N–H and O–H groups in total. The summed E-state index contributed by atoms with van der Waals surface area (Å²) in [4.78, 5) is 12.5. The predicted molar refractivity (Wildman–Crippen MR) is 92.6 cm³/mol. The highest BCUT2D eigenvalue weighted by Gasteiger charge is 2.20.